The lowest BCUT2D eigenvalue weighted by atomic mass is 9.71. The molecule has 0 unspecified atom stereocenters. The van der Waals surface area contributed by atoms with Crippen molar-refractivity contribution >= 4 is 5.91 Å². The fourth-order valence-corrected chi connectivity index (χ4v) is 4.34. The van der Waals surface area contributed by atoms with E-state index in [4.69, 9.17) is 14.2 Å². The summed E-state index contributed by atoms with van der Waals surface area (Å²) in [6.45, 7) is 0.979. The highest BCUT2D eigenvalue weighted by Gasteiger charge is 2.53. The van der Waals surface area contributed by atoms with Crippen LogP contribution in [0.15, 0.2) is 35.9 Å². The van der Waals surface area contributed by atoms with Crippen molar-refractivity contribution in [2.45, 2.75) is 24.5 Å². The second kappa shape index (κ2) is 4.38. The van der Waals surface area contributed by atoms with E-state index >= 15 is 0 Å². The minimum Gasteiger partial charge on any atom is -0.454 e. The monoisotopic (exact) mass is 311 g/mol. The zero-order valence-corrected chi connectivity index (χ0v) is 12.9. The molecule has 0 radical (unpaired) electrons. The Kier molecular flexibility index (Phi) is 2.52. The highest BCUT2D eigenvalue weighted by Crippen LogP contribution is 2.53. The lowest BCUT2D eigenvalue weighted by Crippen LogP contribution is -2.52. The fourth-order valence-electron chi connectivity index (χ4n) is 4.34. The maximum absolute atomic E-state index is 12.5. The first-order chi connectivity index (χ1) is 11.2. The number of rotatable bonds is 1. The predicted octanol–water partition coefficient (Wildman–Crippen LogP) is 1.91. The highest BCUT2D eigenvalue weighted by atomic mass is 16.7. The molecule has 4 aliphatic rings. The normalized spacial score (nSPS) is 30.0. The molecule has 0 saturated heterocycles. The van der Waals surface area contributed by atoms with Crippen molar-refractivity contribution in [1.29, 1.82) is 0 Å². The molecule has 23 heavy (non-hydrogen) atoms. The molecule has 0 N–H and O–H groups in total. The molecule has 118 valence electrons. The third-order valence-corrected chi connectivity index (χ3v) is 5.42. The number of carbonyl (C=O) groups excluding carboxylic acids is 1. The van der Waals surface area contributed by atoms with Crippen LogP contribution < -0.4 is 9.47 Å². The van der Waals surface area contributed by atoms with Gasteiger partial charge < -0.3 is 19.1 Å². The number of nitrogens with zero attached hydrogens (tertiary/aromatic N) is 1. The average molecular weight is 311 g/mol. The van der Waals surface area contributed by atoms with Crippen molar-refractivity contribution in [3.63, 3.8) is 0 Å². The highest BCUT2D eigenvalue weighted by molar-refractivity contribution is 5.95. The quantitative estimate of drug-likeness (QED) is 0.795. The lowest BCUT2D eigenvalue weighted by molar-refractivity contribution is -0.130. The van der Waals surface area contributed by atoms with Crippen molar-refractivity contribution in [2.24, 2.45) is 0 Å². The molecule has 0 aromatic heterocycles. The first-order valence-corrected chi connectivity index (χ1v) is 7.90. The Balaban J connectivity index is 1.75. The topological polar surface area (TPSA) is 48.0 Å². The Morgan fingerprint density at radius 1 is 1.30 bits per heavy atom. The van der Waals surface area contributed by atoms with Crippen LogP contribution in [0.2, 0.25) is 0 Å². The number of hydrogen-bond donors (Lipinski definition) is 0. The van der Waals surface area contributed by atoms with Crippen LogP contribution in [0.5, 0.6) is 11.5 Å². The summed E-state index contributed by atoms with van der Waals surface area (Å²) in [5.41, 5.74) is 3.00. The van der Waals surface area contributed by atoms with Crippen LogP contribution in [0.25, 0.3) is 0 Å². The van der Waals surface area contributed by atoms with Crippen LogP contribution in [0, 0.1) is 0 Å². The van der Waals surface area contributed by atoms with Gasteiger partial charge in [-0.05, 0) is 35.3 Å². The molecule has 0 bridgehead atoms. The van der Waals surface area contributed by atoms with E-state index in [-0.39, 0.29) is 18.8 Å². The summed E-state index contributed by atoms with van der Waals surface area (Å²) in [4.78, 5) is 14.5. The molecule has 5 nitrogen and oxygen atoms in total. The van der Waals surface area contributed by atoms with E-state index in [1.807, 2.05) is 17.1 Å². The molecular weight excluding hydrogens is 294 g/mol. The summed E-state index contributed by atoms with van der Waals surface area (Å²) < 4.78 is 16.7. The van der Waals surface area contributed by atoms with Gasteiger partial charge in [-0.25, -0.2) is 0 Å². The summed E-state index contributed by atoms with van der Waals surface area (Å²) in [5, 5.41) is 0. The Morgan fingerprint density at radius 3 is 2.96 bits per heavy atom. The zero-order chi connectivity index (χ0) is 15.6. The maximum atomic E-state index is 12.5. The van der Waals surface area contributed by atoms with Crippen molar-refractivity contribution in [3.05, 3.63) is 47.1 Å². The van der Waals surface area contributed by atoms with E-state index in [2.05, 4.69) is 12.1 Å². The van der Waals surface area contributed by atoms with E-state index in [1.54, 1.807) is 13.2 Å². The molecule has 0 saturated carbocycles. The molecule has 1 aliphatic carbocycles. The fraction of sp³-hybridized carbons (Fsp3) is 0.389. The van der Waals surface area contributed by atoms with Gasteiger partial charge in [-0.1, -0.05) is 12.2 Å². The largest absolute Gasteiger partial charge is 0.454 e. The summed E-state index contributed by atoms with van der Waals surface area (Å²) in [7, 11) is 1.71. The molecule has 1 amide bonds. The second-order valence-corrected chi connectivity index (χ2v) is 6.40. The van der Waals surface area contributed by atoms with Crippen LogP contribution in [-0.4, -0.2) is 37.4 Å². The Hall–Kier alpha value is -2.27. The summed E-state index contributed by atoms with van der Waals surface area (Å²) in [6.07, 6.45) is 7.41. The second-order valence-electron chi connectivity index (χ2n) is 6.40. The van der Waals surface area contributed by atoms with Crippen LogP contribution in [0.1, 0.15) is 17.5 Å². The van der Waals surface area contributed by atoms with E-state index < -0.39 is 5.54 Å². The first kappa shape index (κ1) is 13.2. The molecule has 1 spiro atoms. The van der Waals surface area contributed by atoms with Gasteiger partial charge >= 0.3 is 0 Å². The minimum atomic E-state index is -0.429. The van der Waals surface area contributed by atoms with Gasteiger partial charge in [0.05, 0.1) is 11.6 Å². The third kappa shape index (κ3) is 1.58. The minimum absolute atomic E-state index is 0.00285. The third-order valence-electron chi connectivity index (χ3n) is 5.42. The molecule has 3 heterocycles. The van der Waals surface area contributed by atoms with Crippen LogP contribution in [-0.2, 0) is 21.5 Å². The van der Waals surface area contributed by atoms with Gasteiger partial charge in [0.15, 0.2) is 11.5 Å². The van der Waals surface area contributed by atoms with Crippen molar-refractivity contribution in [1.82, 2.24) is 4.90 Å². The van der Waals surface area contributed by atoms with Crippen LogP contribution in [0.4, 0.5) is 0 Å². The molecule has 5 heteroatoms. The number of hydrogen-bond acceptors (Lipinski definition) is 4. The lowest BCUT2D eigenvalue weighted by Gasteiger charge is -2.48. The number of methoxy groups -OCH3 is 1. The summed E-state index contributed by atoms with van der Waals surface area (Å²) in [6, 6.07) is 4.13. The number of amides is 1. The van der Waals surface area contributed by atoms with Crippen molar-refractivity contribution in [3.8, 4) is 11.5 Å². The summed E-state index contributed by atoms with van der Waals surface area (Å²) >= 11 is 0. The number of fused-ring (bicyclic) bond motifs is 2. The Labute approximate surface area is 134 Å². The molecule has 3 aliphatic heterocycles. The van der Waals surface area contributed by atoms with E-state index in [0.717, 1.165) is 42.0 Å². The maximum Gasteiger partial charge on any atom is 0.247 e. The van der Waals surface area contributed by atoms with Gasteiger partial charge in [0.2, 0.25) is 12.7 Å². The SMILES string of the molecule is CO[C@H]1C=CC2=CC(=O)N3CCc4cc5c(cc4[C@@]23C1)OCO5. The molecule has 0 fully saturated rings. The van der Waals surface area contributed by atoms with Crippen molar-refractivity contribution in [2.75, 3.05) is 20.4 Å². The van der Waals surface area contributed by atoms with Gasteiger partial charge in [-0.3, -0.25) is 4.79 Å². The molecular formula is C18H17NO4. The van der Waals surface area contributed by atoms with Crippen LogP contribution in [0.3, 0.4) is 0 Å². The van der Waals surface area contributed by atoms with Gasteiger partial charge in [0, 0.05) is 26.2 Å². The Morgan fingerprint density at radius 2 is 2.13 bits per heavy atom. The van der Waals surface area contributed by atoms with Crippen molar-refractivity contribution < 1.29 is 19.0 Å². The van der Waals surface area contributed by atoms with Gasteiger partial charge in [-0.2, -0.15) is 0 Å². The number of carbonyl (C=O) groups is 1. The number of benzene rings is 1. The molecule has 1 aromatic carbocycles. The average Bonchev–Trinajstić information content (AvgIpc) is 3.13. The van der Waals surface area contributed by atoms with Crippen LogP contribution >= 0.6 is 0 Å². The van der Waals surface area contributed by atoms with E-state index in [0.29, 0.717) is 0 Å². The van der Waals surface area contributed by atoms with E-state index in [9.17, 15) is 4.79 Å². The van der Waals surface area contributed by atoms with Gasteiger partial charge in [0.1, 0.15) is 0 Å². The standard InChI is InChI=1S/C18H17NO4/c1-21-13-3-2-12-7-17(20)19-5-4-11-6-15-16(23-10-22-15)8-14(11)18(12,19)9-13/h2-3,6-8,13H,4-5,9-10H2,1H3/t13-,18+/m0/s1. The zero-order valence-electron chi connectivity index (χ0n) is 12.9. The van der Waals surface area contributed by atoms with Gasteiger partial charge in [0.25, 0.3) is 0 Å². The molecule has 5 rings (SSSR count). The first-order valence-electron chi connectivity index (χ1n) is 7.90. The molecule has 2 atom stereocenters. The smallest absolute Gasteiger partial charge is 0.247 e. The summed E-state index contributed by atoms with van der Waals surface area (Å²) in [5.74, 6) is 1.66. The molecule has 1 aromatic rings. The predicted molar refractivity (Wildman–Crippen MR) is 82.3 cm³/mol. The number of ether oxygens (including phenoxy) is 3. The van der Waals surface area contributed by atoms with Gasteiger partial charge in [-0.15, -0.1) is 0 Å². The van der Waals surface area contributed by atoms with E-state index in [1.165, 1.54) is 5.56 Å². The Bertz CT molecular complexity index is 781.